The number of nitrogens with one attached hydrogen (secondary N) is 1. The Balaban J connectivity index is 1.36. The highest BCUT2D eigenvalue weighted by atomic mass is 32.1. The van der Waals surface area contributed by atoms with Gasteiger partial charge in [-0.1, -0.05) is 0 Å². The molecule has 1 saturated heterocycles. The van der Waals surface area contributed by atoms with Gasteiger partial charge in [0.25, 0.3) is 0 Å². The van der Waals surface area contributed by atoms with Crippen molar-refractivity contribution in [2.24, 2.45) is 5.92 Å². The van der Waals surface area contributed by atoms with E-state index in [9.17, 15) is 4.79 Å². The minimum absolute atomic E-state index is 0.165. The highest BCUT2D eigenvalue weighted by Crippen LogP contribution is 2.23. The van der Waals surface area contributed by atoms with Gasteiger partial charge in [-0.15, -0.1) is 11.3 Å². The summed E-state index contributed by atoms with van der Waals surface area (Å²) in [5.74, 6) is 0.837. The molecule has 3 heterocycles. The molecule has 1 fully saturated rings. The zero-order chi connectivity index (χ0) is 17.5. The first kappa shape index (κ1) is 18.0. The Morgan fingerprint density at radius 2 is 2.24 bits per heavy atom. The number of thiazole rings is 1. The molecule has 5 nitrogen and oxygen atoms in total. The van der Waals surface area contributed by atoms with E-state index in [1.165, 1.54) is 19.4 Å². The van der Waals surface area contributed by atoms with E-state index in [4.69, 9.17) is 0 Å². The summed E-state index contributed by atoms with van der Waals surface area (Å²) in [7, 11) is 2.17. The van der Waals surface area contributed by atoms with Gasteiger partial charge in [-0.05, 0) is 50.9 Å². The van der Waals surface area contributed by atoms with E-state index < -0.39 is 0 Å². The molecule has 25 heavy (non-hydrogen) atoms. The minimum Gasteiger partial charge on any atom is -0.356 e. The standard InChI is InChI=1S/C19H26N4OS/c1-23-12-2-3-15(13-23)4-5-18(24)21-11-8-17-14-25-19(22-17)16-6-9-20-10-7-16/h6-7,9-10,14-15H,2-5,8,11-13H2,1H3,(H,21,24)/t15-/m0/s1. The summed E-state index contributed by atoms with van der Waals surface area (Å²) in [6, 6.07) is 3.93. The van der Waals surface area contributed by atoms with Crippen molar-refractivity contribution >= 4 is 17.2 Å². The van der Waals surface area contributed by atoms with Crippen molar-refractivity contribution in [1.29, 1.82) is 0 Å². The van der Waals surface area contributed by atoms with Crippen LogP contribution in [-0.2, 0) is 11.2 Å². The third kappa shape index (κ3) is 5.61. The third-order valence-electron chi connectivity index (χ3n) is 4.68. The fourth-order valence-corrected chi connectivity index (χ4v) is 4.17. The molecule has 1 atom stereocenters. The molecule has 6 heteroatoms. The monoisotopic (exact) mass is 358 g/mol. The van der Waals surface area contributed by atoms with Crippen LogP contribution in [0.15, 0.2) is 29.9 Å². The molecule has 1 amide bonds. The molecule has 1 aliphatic rings. The fraction of sp³-hybridized carbons (Fsp3) is 0.526. The van der Waals surface area contributed by atoms with Gasteiger partial charge in [-0.3, -0.25) is 9.78 Å². The first-order valence-corrected chi connectivity index (χ1v) is 9.88. The molecule has 0 aliphatic carbocycles. The molecule has 0 unspecified atom stereocenters. The van der Waals surface area contributed by atoms with Gasteiger partial charge in [-0.25, -0.2) is 4.98 Å². The van der Waals surface area contributed by atoms with Crippen molar-refractivity contribution in [3.63, 3.8) is 0 Å². The quantitative estimate of drug-likeness (QED) is 0.827. The lowest BCUT2D eigenvalue weighted by atomic mass is 9.93. The van der Waals surface area contributed by atoms with Gasteiger partial charge in [0.2, 0.25) is 5.91 Å². The number of carbonyl (C=O) groups excluding carboxylic acids is 1. The van der Waals surface area contributed by atoms with E-state index >= 15 is 0 Å². The van der Waals surface area contributed by atoms with Crippen LogP contribution in [0, 0.1) is 5.92 Å². The van der Waals surface area contributed by atoms with Gasteiger partial charge >= 0.3 is 0 Å². The maximum atomic E-state index is 12.0. The predicted octanol–water partition coefficient (Wildman–Crippen LogP) is 2.99. The molecule has 134 valence electrons. The molecule has 0 spiro atoms. The molecule has 2 aromatic rings. The van der Waals surface area contributed by atoms with Crippen LogP contribution in [-0.4, -0.2) is 47.5 Å². The Kier molecular flexibility index (Phi) is 6.53. The van der Waals surface area contributed by atoms with Crippen LogP contribution in [0.3, 0.4) is 0 Å². The first-order valence-electron chi connectivity index (χ1n) is 9.01. The van der Waals surface area contributed by atoms with E-state index in [0.717, 1.165) is 35.7 Å². The van der Waals surface area contributed by atoms with Gasteiger partial charge in [0, 0.05) is 49.3 Å². The second-order valence-electron chi connectivity index (χ2n) is 6.79. The number of likely N-dealkylation sites (tertiary alicyclic amines) is 1. The van der Waals surface area contributed by atoms with Gasteiger partial charge in [0.1, 0.15) is 5.01 Å². The van der Waals surface area contributed by atoms with E-state index in [0.29, 0.717) is 18.9 Å². The zero-order valence-electron chi connectivity index (χ0n) is 14.8. The Morgan fingerprint density at radius 1 is 1.40 bits per heavy atom. The molecule has 0 radical (unpaired) electrons. The van der Waals surface area contributed by atoms with Crippen LogP contribution in [0.5, 0.6) is 0 Å². The molecular formula is C19H26N4OS. The van der Waals surface area contributed by atoms with Gasteiger partial charge < -0.3 is 10.2 Å². The lowest BCUT2D eigenvalue weighted by molar-refractivity contribution is -0.121. The molecule has 0 saturated carbocycles. The van der Waals surface area contributed by atoms with Crippen molar-refractivity contribution in [3.05, 3.63) is 35.6 Å². The average molecular weight is 359 g/mol. The number of hydrogen-bond donors (Lipinski definition) is 1. The topological polar surface area (TPSA) is 58.1 Å². The zero-order valence-corrected chi connectivity index (χ0v) is 15.6. The van der Waals surface area contributed by atoms with Crippen molar-refractivity contribution in [3.8, 4) is 10.6 Å². The minimum atomic E-state index is 0.165. The van der Waals surface area contributed by atoms with Crippen LogP contribution < -0.4 is 5.32 Å². The number of nitrogens with zero attached hydrogens (tertiary/aromatic N) is 3. The number of amides is 1. The summed E-state index contributed by atoms with van der Waals surface area (Å²) < 4.78 is 0. The number of hydrogen-bond acceptors (Lipinski definition) is 5. The molecule has 3 rings (SSSR count). The maximum Gasteiger partial charge on any atom is 0.220 e. The molecule has 1 N–H and O–H groups in total. The Labute approximate surface area is 153 Å². The van der Waals surface area contributed by atoms with Crippen LogP contribution in [0.2, 0.25) is 0 Å². The average Bonchev–Trinajstić information content (AvgIpc) is 3.10. The summed E-state index contributed by atoms with van der Waals surface area (Å²) in [5.41, 5.74) is 2.12. The molecule has 0 bridgehead atoms. The van der Waals surface area contributed by atoms with E-state index in [1.54, 1.807) is 23.7 Å². The van der Waals surface area contributed by atoms with Crippen molar-refractivity contribution in [2.75, 3.05) is 26.7 Å². The summed E-state index contributed by atoms with van der Waals surface area (Å²) in [6.07, 6.45) is 8.48. The highest BCUT2D eigenvalue weighted by molar-refractivity contribution is 7.13. The van der Waals surface area contributed by atoms with Crippen LogP contribution in [0.1, 0.15) is 31.4 Å². The van der Waals surface area contributed by atoms with Crippen molar-refractivity contribution < 1.29 is 4.79 Å². The Bertz CT molecular complexity index is 673. The summed E-state index contributed by atoms with van der Waals surface area (Å²) in [4.78, 5) is 23.1. The molecular weight excluding hydrogens is 332 g/mol. The van der Waals surface area contributed by atoms with E-state index in [1.807, 2.05) is 12.1 Å². The number of rotatable bonds is 7. The summed E-state index contributed by atoms with van der Waals surface area (Å²) in [6.45, 7) is 2.98. The SMILES string of the molecule is CN1CCC[C@@H](CCC(=O)NCCc2csc(-c3ccncc3)n2)C1. The maximum absolute atomic E-state index is 12.0. The number of pyridine rings is 1. The third-order valence-corrected chi connectivity index (χ3v) is 5.62. The molecule has 0 aromatic carbocycles. The van der Waals surface area contributed by atoms with E-state index in [2.05, 4.69) is 32.6 Å². The summed E-state index contributed by atoms with van der Waals surface area (Å²) in [5, 5.41) is 6.11. The lowest BCUT2D eigenvalue weighted by Gasteiger charge is -2.29. The Morgan fingerprint density at radius 3 is 3.04 bits per heavy atom. The van der Waals surface area contributed by atoms with Crippen LogP contribution in [0.4, 0.5) is 0 Å². The number of piperidine rings is 1. The van der Waals surface area contributed by atoms with Crippen LogP contribution >= 0.6 is 11.3 Å². The number of carbonyl (C=O) groups is 1. The van der Waals surface area contributed by atoms with Crippen molar-refractivity contribution in [2.45, 2.75) is 32.1 Å². The van der Waals surface area contributed by atoms with Crippen LogP contribution in [0.25, 0.3) is 10.6 Å². The fourth-order valence-electron chi connectivity index (χ4n) is 3.31. The number of aromatic nitrogens is 2. The van der Waals surface area contributed by atoms with Gasteiger partial charge in [0.15, 0.2) is 0 Å². The van der Waals surface area contributed by atoms with Gasteiger partial charge in [0.05, 0.1) is 5.69 Å². The highest BCUT2D eigenvalue weighted by Gasteiger charge is 2.17. The molecule has 1 aliphatic heterocycles. The molecule has 2 aromatic heterocycles. The Hall–Kier alpha value is -1.79. The van der Waals surface area contributed by atoms with Gasteiger partial charge in [-0.2, -0.15) is 0 Å². The first-order chi connectivity index (χ1) is 12.2. The predicted molar refractivity (Wildman–Crippen MR) is 102 cm³/mol. The van der Waals surface area contributed by atoms with E-state index in [-0.39, 0.29) is 5.91 Å². The summed E-state index contributed by atoms with van der Waals surface area (Å²) >= 11 is 1.63. The lowest BCUT2D eigenvalue weighted by Crippen LogP contribution is -2.33. The van der Waals surface area contributed by atoms with Crippen molar-refractivity contribution in [1.82, 2.24) is 20.2 Å². The smallest absolute Gasteiger partial charge is 0.220 e. The normalized spacial score (nSPS) is 18.2. The largest absolute Gasteiger partial charge is 0.356 e. The second kappa shape index (κ2) is 9.06. The second-order valence-corrected chi connectivity index (χ2v) is 7.65.